The van der Waals surface area contributed by atoms with E-state index in [0.29, 0.717) is 24.0 Å². The van der Waals surface area contributed by atoms with Crippen LogP contribution in [0.1, 0.15) is 41.0 Å². The molecule has 1 amide bonds. The molecule has 0 radical (unpaired) electrons. The van der Waals surface area contributed by atoms with Gasteiger partial charge in [-0.05, 0) is 50.2 Å². The predicted molar refractivity (Wildman–Crippen MR) is 120 cm³/mol. The summed E-state index contributed by atoms with van der Waals surface area (Å²) in [5.74, 6) is 5.60. The number of rotatable bonds is 13. The second kappa shape index (κ2) is 13.3. The van der Waals surface area contributed by atoms with E-state index in [1.165, 1.54) is 12.1 Å². The van der Waals surface area contributed by atoms with Crippen LogP contribution in [-0.4, -0.2) is 67.6 Å². The SMILES string of the molecule is CC#CCOc1ccc(S(=O)(=O)C(CNN(O)C(=O)CC(C)C)CN(CC)CC)cc1. The van der Waals surface area contributed by atoms with E-state index in [4.69, 9.17) is 4.74 Å². The molecule has 8 nitrogen and oxygen atoms in total. The zero-order valence-corrected chi connectivity index (χ0v) is 19.9. The van der Waals surface area contributed by atoms with Crippen molar-refractivity contribution in [3.63, 3.8) is 0 Å². The van der Waals surface area contributed by atoms with Crippen molar-refractivity contribution in [2.45, 2.75) is 51.2 Å². The molecule has 9 heteroatoms. The average Bonchev–Trinajstić information content (AvgIpc) is 2.73. The molecule has 1 unspecified atom stereocenters. The molecule has 0 aliphatic rings. The monoisotopic (exact) mass is 453 g/mol. The lowest BCUT2D eigenvalue weighted by Gasteiger charge is -2.27. The van der Waals surface area contributed by atoms with Gasteiger partial charge in [-0.3, -0.25) is 10.0 Å². The highest BCUT2D eigenvalue weighted by atomic mass is 32.2. The number of nitrogens with zero attached hydrogens (tertiary/aromatic N) is 2. The first-order valence-electron chi connectivity index (χ1n) is 10.5. The van der Waals surface area contributed by atoms with E-state index in [0.717, 1.165) is 0 Å². The maximum Gasteiger partial charge on any atom is 0.261 e. The molecule has 31 heavy (non-hydrogen) atoms. The molecule has 0 aliphatic carbocycles. The zero-order valence-electron chi connectivity index (χ0n) is 19.1. The second-order valence-corrected chi connectivity index (χ2v) is 9.73. The van der Waals surface area contributed by atoms with Gasteiger partial charge in [0.1, 0.15) is 12.4 Å². The molecule has 174 valence electrons. The Hall–Kier alpha value is -2.12. The number of benzene rings is 1. The lowest BCUT2D eigenvalue weighted by molar-refractivity contribution is -0.180. The van der Waals surface area contributed by atoms with Gasteiger partial charge in [0.25, 0.3) is 5.91 Å². The highest BCUT2D eigenvalue weighted by Crippen LogP contribution is 2.21. The molecule has 1 atom stereocenters. The molecule has 2 N–H and O–H groups in total. The lowest BCUT2D eigenvalue weighted by atomic mass is 10.1. The van der Waals surface area contributed by atoms with Gasteiger partial charge in [-0.1, -0.05) is 33.6 Å². The minimum atomic E-state index is -3.74. The molecular weight excluding hydrogens is 418 g/mol. The van der Waals surface area contributed by atoms with Crippen LogP contribution in [0.15, 0.2) is 29.2 Å². The summed E-state index contributed by atoms with van der Waals surface area (Å²) in [6, 6.07) is 6.19. The van der Waals surface area contributed by atoms with E-state index >= 15 is 0 Å². The first kappa shape index (κ1) is 26.9. The Morgan fingerprint density at radius 2 is 1.81 bits per heavy atom. The van der Waals surface area contributed by atoms with Crippen molar-refractivity contribution in [2.24, 2.45) is 5.92 Å². The fourth-order valence-electron chi connectivity index (χ4n) is 2.86. The highest BCUT2D eigenvalue weighted by Gasteiger charge is 2.30. The van der Waals surface area contributed by atoms with E-state index in [2.05, 4.69) is 17.3 Å². The normalized spacial score (nSPS) is 12.4. The van der Waals surface area contributed by atoms with Crippen LogP contribution in [0.5, 0.6) is 5.75 Å². The number of ether oxygens (including phenoxy) is 1. The van der Waals surface area contributed by atoms with Crippen LogP contribution >= 0.6 is 0 Å². The minimum Gasteiger partial charge on any atom is -0.481 e. The molecule has 0 saturated carbocycles. The summed E-state index contributed by atoms with van der Waals surface area (Å²) in [5.41, 5.74) is 2.56. The smallest absolute Gasteiger partial charge is 0.261 e. The van der Waals surface area contributed by atoms with Gasteiger partial charge in [0.05, 0.1) is 10.1 Å². The van der Waals surface area contributed by atoms with E-state index in [-0.39, 0.29) is 36.9 Å². The molecule has 1 aromatic rings. The fourth-order valence-corrected chi connectivity index (χ4v) is 4.47. The van der Waals surface area contributed by atoms with Crippen LogP contribution in [0.4, 0.5) is 0 Å². The first-order chi connectivity index (χ1) is 14.6. The van der Waals surface area contributed by atoms with Gasteiger partial charge < -0.3 is 9.64 Å². The minimum absolute atomic E-state index is 0.0724. The van der Waals surface area contributed by atoms with E-state index in [9.17, 15) is 18.4 Å². The number of amides is 1. The molecule has 0 fully saturated rings. The number of hydrogen-bond acceptors (Lipinski definition) is 7. The van der Waals surface area contributed by atoms with Gasteiger partial charge in [0, 0.05) is 19.5 Å². The van der Waals surface area contributed by atoms with Crippen LogP contribution in [-0.2, 0) is 14.6 Å². The van der Waals surface area contributed by atoms with Gasteiger partial charge in [0.2, 0.25) is 0 Å². The molecule has 0 aliphatic heterocycles. The summed E-state index contributed by atoms with van der Waals surface area (Å²) in [6.45, 7) is 11.1. The molecular formula is C22H35N3O5S. The molecule has 0 heterocycles. The Labute approximate surface area is 186 Å². The standard InChI is InChI=1S/C22H35N3O5S/c1-6-9-14-30-19-10-12-20(13-11-19)31(28,29)21(17-24(7-2)8-3)16-23-25(27)22(26)15-18(4)5/h10-13,18,21,23,27H,7-8,14-17H2,1-5H3. The van der Waals surface area contributed by atoms with E-state index in [1.807, 2.05) is 32.6 Å². The second-order valence-electron chi connectivity index (χ2n) is 7.51. The van der Waals surface area contributed by atoms with Crippen LogP contribution in [0.25, 0.3) is 0 Å². The van der Waals surface area contributed by atoms with Crippen molar-refractivity contribution >= 4 is 15.7 Å². The molecule has 1 aromatic carbocycles. The number of sulfone groups is 1. The number of carbonyl (C=O) groups is 1. The first-order valence-corrected chi connectivity index (χ1v) is 12.0. The maximum absolute atomic E-state index is 13.3. The number of hydrazine groups is 1. The van der Waals surface area contributed by atoms with Gasteiger partial charge in [0.15, 0.2) is 9.84 Å². The molecule has 0 aromatic heterocycles. The van der Waals surface area contributed by atoms with Crippen molar-refractivity contribution in [1.29, 1.82) is 0 Å². The number of carbonyl (C=O) groups excluding carboxylic acids is 1. The fraction of sp³-hybridized carbons (Fsp3) is 0.591. The quantitative estimate of drug-likeness (QED) is 0.269. The summed E-state index contributed by atoms with van der Waals surface area (Å²) in [7, 11) is -3.74. The summed E-state index contributed by atoms with van der Waals surface area (Å²) in [4.78, 5) is 14.1. The van der Waals surface area contributed by atoms with Gasteiger partial charge in [-0.15, -0.1) is 5.92 Å². The van der Waals surface area contributed by atoms with Crippen molar-refractivity contribution in [3.05, 3.63) is 24.3 Å². The number of hydrogen-bond donors (Lipinski definition) is 2. The summed E-state index contributed by atoms with van der Waals surface area (Å²) in [5, 5.41) is 9.51. The number of hydroxylamine groups is 1. The van der Waals surface area contributed by atoms with E-state index < -0.39 is 21.0 Å². The Morgan fingerprint density at radius 3 is 2.32 bits per heavy atom. The zero-order chi connectivity index (χ0) is 23.4. The average molecular weight is 454 g/mol. The Bertz CT molecular complexity index is 840. The Kier molecular flexibility index (Phi) is 11.6. The molecule has 0 saturated heterocycles. The molecule has 0 bridgehead atoms. The summed E-state index contributed by atoms with van der Waals surface area (Å²) < 4.78 is 32.1. The third kappa shape index (κ3) is 8.87. The molecule has 1 rings (SSSR count). The van der Waals surface area contributed by atoms with Crippen molar-refractivity contribution in [2.75, 3.05) is 32.8 Å². The van der Waals surface area contributed by atoms with Gasteiger partial charge in [-0.25, -0.2) is 13.8 Å². The lowest BCUT2D eigenvalue weighted by Crippen LogP contribution is -2.49. The van der Waals surface area contributed by atoms with Crippen LogP contribution in [0.2, 0.25) is 0 Å². The highest BCUT2D eigenvalue weighted by molar-refractivity contribution is 7.92. The predicted octanol–water partition coefficient (Wildman–Crippen LogP) is 2.34. The Balaban J connectivity index is 3.01. The molecule has 0 spiro atoms. The summed E-state index contributed by atoms with van der Waals surface area (Å²) in [6.07, 6.45) is 0.154. The third-order valence-corrected chi connectivity index (χ3v) is 6.85. The van der Waals surface area contributed by atoms with Gasteiger partial charge >= 0.3 is 0 Å². The summed E-state index contributed by atoms with van der Waals surface area (Å²) >= 11 is 0. The van der Waals surface area contributed by atoms with Crippen molar-refractivity contribution in [1.82, 2.24) is 15.5 Å². The van der Waals surface area contributed by atoms with Crippen LogP contribution < -0.4 is 10.2 Å². The van der Waals surface area contributed by atoms with Crippen molar-refractivity contribution in [3.8, 4) is 17.6 Å². The van der Waals surface area contributed by atoms with Crippen LogP contribution in [0.3, 0.4) is 0 Å². The van der Waals surface area contributed by atoms with Gasteiger partial charge in [-0.2, -0.15) is 5.17 Å². The number of nitrogens with one attached hydrogen (secondary N) is 1. The maximum atomic E-state index is 13.3. The topological polar surface area (TPSA) is 99.2 Å². The Morgan fingerprint density at radius 1 is 1.19 bits per heavy atom. The van der Waals surface area contributed by atoms with E-state index in [1.54, 1.807) is 19.1 Å². The van der Waals surface area contributed by atoms with Crippen LogP contribution in [0, 0.1) is 17.8 Å². The largest absolute Gasteiger partial charge is 0.481 e. The van der Waals surface area contributed by atoms with Crippen molar-refractivity contribution < 1.29 is 23.2 Å². The third-order valence-electron chi connectivity index (χ3n) is 4.72.